The summed E-state index contributed by atoms with van der Waals surface area (Å²) in [5.74, 6) is 0. The van der Waals surface area contributed by atoms with Crippen molar-refractivity contribution in [2.75, 3.05) is 6.54 Å². The average molecular weight is 209 g/mol. The molecule has 1 aliphatic rings. The Bertz CT molecular complexity index is 233. The van der Waals surface area contributed by atoms with Crippen LogP contribution in [-0.2, 0) is 0 Å². The lowest BCUT2D eigenvalue weighted by atomic mass is 9.92. The molecule has 1 heteroatoms. The van der Waals surface area contributed by atoms with Crippen LogP contribution in [0.4, 0.5) is 0 Å². The van der Waals surface area contributed by atoms with Crippen LogP contribution in [0.2, 0.25) is 0 Å². The van der Waals surface area contributed by atoms with Gasteiger partial charge in [0.25, 0.3) is 0 Å². The first-order chi connectivity index (χ1) is 6.62. The Morgan fingerprint density at radius 1 is 1.07 bits per heavy atom. The summed E-state index contributed by atoms with van der Waals surface area (Å²) in [4.78, 5) is 0. The van der Waals surface area contributed by atoms with Gasteiger partial charge in [-0.1, -0.05) is 32.9 Å². The predicted molar refractivity (Wildman–Crippen MR) is 68.0 cm³/mol. The van der Waals surface area contributed by atoms with Crippen molar-refractivity contribution in [2.45, 2.75) is 59.9 Å². The predicted octanol–water partition coefficient (Wildman–Crippen LogP) is 3.76. The number of rotatable bonds is 3. The van der Waals surface area contributed by atoms with E-state index in [1.165, 1.54) is 12.8 Å². The lowest BCUT2D eigenvalue weighted by molar-refractivity contribution is 0.388. The molecule has 1 nitrogen and oxygen atoms in total. The molecule has 1 fully saturated rings. The fourth-order valence-electron chi connectivity index (χ4n) is 1.43. The topological polar surface area (TPSA) is 12.0 Å². The minimum absolute atomic E-state index is 0.241. The van der Waals surface area contributed by atoms with Crippen LogP contribution < -0.4 is 5.32 Å². The summed E-state index contributed by atoms with van der Waals surface area (Å²) in [6, 6.07) is 0. The van der Waals surface area contributed by atoms with Gasteiger partial charge in [0.1, 0.15) is 0 Å². The van der Waals surface area contributed by atoms with Gasteiger partial charge in [0.15, 0.2) is 0 Å². The average Bonchev–Trinajstić information content (AvgIpc) is 2.76. The monoisotopic (exact) mass is 209 g/mol. The van der Waals surface area contributed by atoms with E-state index in [4.69, 9.17) is 0 Å². The second kappa shape index (κ2) is 3.93. The molecule has 0 heterocycles. The fourth-order valence-corrected chi connectivity index (χ4v) is 1.43. The second-order valence-corrected chi connectivity index (χ2v) is 7.17. The Kier molecular flexibility index (Phi) is 3.35. The molecular formula is C14H27N. The molecule has 1 N–H and O–H groups in total. The zero-order chi connectivity index (χ0) is 11.7. The maximum absolute atomic E-state index is 3.61. The normalized spacial score (nSPS) is 20.9. The van der Waals surface area contributed by atoms with Crippen LogP contribution in [0.5, 0.6) is 0 Å². The quantitative estimate of drug-likeness (QED) is 0.698. The van der Waals surface area contributed by atoms with Crippen LogP contribution in [0.15, 0.2) is 12.2 Å². The van der Waals surface area contributed by atoms with Gasteiger partial charge in [-0.2, -0.15) is 0 Å². The molecule has 0 amide bonds. The highest BCUT2D eigenvalue weighted by Crippen LogP contribution is 2.47. The highest BCUT2D eigenvalue weighted by molar-refractivity contribution is 5.13. The number of nitrogens with one attached hydrogen (secondary N) is 1. The molecule has 0 unspecified atom stereocenters. The van der Waals surface area contributed by atoms with E-state index in [0.717, 1.165) is 6.54 Å². The summed E-state index contributed by atoms with van der Waals surface area (Å²) < 4.78 is 0. The third-order valence-electron chi connectivity index (χ3n) is 2.80. The molecule has 15 heavy (non-hydrogen) atoms. The summed E-state index contributed by atoms with van der Waals surface area (Å²) in [5.41, 5.74) is 1.03. The standard InChI is InChI=1S/C14H27N/c1-12(2,3)7-8-14(9-10-14)11-15-13(4,5)6/h7-8,15H,9-11H2,1-6H3/b8-7+. The zero-order valence-electron chi connectivity index (χ0n) is 11.3. The third kappa shape index (κ3) is 5.36. The first-order valence-electron chi connectivity index (χ1n) is 6.07. The van der Waals surface area contributed by atoms with E-state index in [1.54, 1.807) is 0 Å². The van der Waals surface area contributed by atoms with E-state index >= 15 is 0 Å². The fraction of sp³-hybridized carbons (Fsp3) is 0.857. The van der Waals surface area contributed by atoms with Crippen molar-refractivity contribution >= 4 is 0 Å². The lowest BCUT2D eigenvalue weighted by Crippen LogP contribution is -2.39. The Balaban J connectivity index is 2.44. The summed E-state index contributed by atoms with van der Waals surface area (Å²) >= 11 is 0. The van der Waals surface area contributed by atoms with Crippen molar-refractivity contribution in [3.8, 4) is 0 Å². The molecule has 0 saturated heterocycles. The van der Waals surface area contributed by atoms with Gasteiger partial charge in [-0.3, -0.25) is 0 Å². The summed E-state index contributed by atoms with van der Waals surface area (Å²) in [5, 5.41) is 3.61. The molecule has 0 radical (unpaired) electrons. The zero-order valence-corrected chi connectivity index (χ0v) is 11.3. The Morgan fingerprint density at radius 2 is 1.60 bits per heavy atom. The van der Waals surface area contributed by atoms with E-state index in [9.17, 15) is 0 Å². The highest BCUT2D eigenvalue weighted by Gasteiger charge is 2.40. The molecule has 1 rings (SSSR count). The molecule has 0 aliphatic heterocycles. The van der Waals surface area contributed by atoms with Gasteiger partial charge in [-0.25, -0.2) is 0 Å². The van der Waals surface area contributed by atoms with Crippen LogP contribution in [0.25, 0.3) is 0 Å². The van der Waals surface area contributed by atoms with Crippen molar-refractivity contribution in [3.63, 3.8) is 0 Å². The van der Waals surface area contributed by atoms with E-state index in [0.29, 0.717) is 10.8 Å². The molecule has 88 valence electrons. The molecular weight excluding hydrogens is 182 g/mol. The molecule has 0 atom stereocenters. The highest BCUT2D eigenvalue weighted by atomic mass is 15.0. The van der Waals surface area contributed by atoms with E-state index in [2.05, 4.69) is 59.0 Å². The van der Waals surface area contributed by atoms with Crippen LogP contribution in [0, 0.1) is 10.8 Å². The van der Waals surface area contributed by atoms with Gasteiger partial charge in [-0.15, -0.1) is 0 Å². The minimum Gasteiger partial charge on any atom is -0.311 e. The van der Waals surface area contributed by atoms with Gasteiger partial charge in [-0.05, 0) is 39.0 Å². The van der Waals surface area contributed by atoms with E-state index in [-0.39, 0.29) is 5.54 Å². The molecule has 1 saturated carbocycles. The molecule has 0 aromatic carbocycles. The van der Waals surface area contributed by atoms with Gasteiger partial charge in [0, 0.05) is 17.5 Å². The van der Waals surface area contributed by atoms with Crippen LogP contribution in [-0.4, -0.2) is 12.1 Å². The maximum Gasteiger partial charge on any atom is 0.00968 e. The lowest BCUT2D eigenvalue weighted by Gasteiger charge is -2.24. The SMILES string of the molecule is CC(C)(C)/C=C/C1(CNC(C)(C)C)CC1. The smallest absolute Gasteiger partial charge is 0.00968 e. The summed E-state index contributed by atoms with van der Waals surface area (Å²) in [6.45, 7) is 14.6. The van der Waals surface area contributed by atoms with Crippen molar-refractivity contribution in [2.24, 2.45) is 10.8 Å². The minimum atomic E-state index is 0.241. The van der Waals surface area contributed by atoms with Gasteiger partial charge >= 0.3 is 0 Å². The number of hydrogen-bond donors (Lipinski definition) is 1. The van der Waals surface area contributed by atoms with Gasteiger partial charge in [0.05, 0.1) is 0 Å². The molecule has 0 bridgehead atoms. The van der Waals surface area contributed by atoms with Crippen molar-refractivity contribution in [1.29, 1.82) is 0 Å². The largest absolute Gasteiger partial charge is 0.311 e. The Hall–Kier alpha value is -0.300. The first kappa shape index (κ1) is 12.8. The van der Waals surface area contributed by atoms with Crippen molar-refractivity contribution in [1.82, 2.24) is 5.32 Å². The second-order valence-electron chi connectivity index (χ2n) is 7.17. The first-order valence-corrected chi connectivity index (χ1v) is 6.07. The molecule has 1 aliphatic carbocycles. The van der Waals surface area contributed by atoms with E-state index in [1.807, 2.05) is 0 Å². The van der Waals surface area contributed by atoms with Crippen LogP contribution in [0.3, 0.4) is 0 Å². The number of allylic oxidation sites excluding steroid dienone is 1. The molecule has 0 aromatic rings. The Labute approximate surface area is 95.3 Å². The van der Waals surface area contributed by atoms with Gasteiger partial charge < -0.3 is 5.32 Å². The molecule has 0 spiro atoms. The van der Waals surface area contributed by atoms with Crippen molar-refractivity contribution < 1.29 is 0 Å². The third-order valence-corrected chi connectivity index (χ3v) is 2.80. The van der Waals surface area contributed by atoms with E-state index < -0.39 is 0 Å². The maximum atomic E-state index is 3.61. The Morgan fingerprint density at radius 3 is 1.93 bits per heavy atom. The number of hydrogen-bond acceptors (Lipinski definition) is 1. The van der Waals surface area contributed by atoms with Crippen LogP contribution in [0.1, 0.15) is 54.4 Å². The summed E-state index contributed by atoms with van der Waals surface area (Å²) in [6.07, 6.45) is 7.50. The summed E-state index contributed by atoms with van der Waals surface area (Å²) in [7, 11) is 0. The van der Waals surface area contributed by atoms with Crippen LogP contribution >= 0.6 is 0 Å². The van der Waals surface area contributed by atoms with Crippen molar-refractivity contribution in [3.05, 3.63) is 12.2 Å². The molecule has 0 aromatic heterocycles. The van der Waals surface area contributed by atoms with Gasteiger partial charge in [0.2, 0.25) is 0 Å².